The molecule has 1 fully saturated rings. The Hall–Kier alpha value is -3.55. The van der Waals surface area contributed by atoms with Gasteiger partial charge in [0.05, 0.1) is 0 Å². The molecule has 0 bridgehead atoms. The summed E-state index contributed by atoms with van der Waals surface area (Å²) in [5.74, 6) is 4.73. The van der Waals surface area contributed by atoms with Crippen LogP contribution in [0.4, 0.5) is 4.79 Å². The van der Waals surface area contributed by atoms with Crippen LogP contribution in [0, 0.1) is 0 Å². The molecule has 0 unspecified atom stereocenters. The standard InChI is InChI=1S/C22H27N5O3/c23-20(26-24)25-19(28)15-22(18-9-5-2-6-10-18)11-13-27(14-12-22)21(29)30-16-17-7-3-1-4-8-17/h1-10H,11-16,24H2,(H3,23,25,26,28). The minimum atomic E-state index is -0.406. The largest absolute Gasteiger partial charge is 0.445 e. The third kappa shape index (κ3) is 5.28. The highest BCUT2D eigenvalue weighted by molar-refractivity contribution is 5.96. The second-order valence-corrected chi connectivity index (χ2v) is 7.41. The maximum Gasteiger partial charge on any atom is 0.410 e. The van der Waals surface area contributed by atoms with Crippen LogP contribution in [0.1, 0.15) is 30.4 Å². The summed E-state index contributed by atoms with van der Waals surface area (Å²) >= 11 is 0. The molecule has 0 atom stereocenters. The molecule has 1 heterocycles. The van der Waals surface area contributed by atoms with Crippen molar-refractivity contribution in [2.45, 2.75) is 31.3 Å². The van der Waals surface area contributed by atoms with Crippen LogP contribution in [-0.2, 0) is 21.6 Å². The van der Waals surface area contributed by atoms with Gasteiger partial charge < -0.3 is 21.2 Å². The van der Waals surface area contributed by atoms with Crippen LogP contribution in [0.25, 0.3) is 0 Å². The Bertz CT molecular complexity index is 878. The van der Waals surface area contributed by atoms with E-state index in [1.165, 1.54) is 0 Å². The molecule has 0 saturated carbocycles. The first-order chi connectivity index (χ1) is 14.5. The zero-order valence-corrected chi connectivity index (χ0v) is 16.8. The van der Waals surface area contributed by atoms with Gasteiger partial charge >= 0.3 is 6.09 Å². The van der Waals surface area contributed by atoms with Gasteiger partial charge in [-0.3, -0.25) is 10.1 Å². The molecule has 0 spiro atoms. The monoisotopic (exact) mass is 409 g/mol. The molecule has 8 nitrogen and oxygen atoms in total. The average molecular weight is 409 g/mol. The lowest BCUT2D eigenvalue weighted by Gasteiger charge is -2.41. The molecular formula is C22H27N5O3. The van der Waals surface area contributed by atoms with Gasteiger partial charge in [-0.1, -0.05) is 60.7 Å². The highest BCUT2D eigenvalue weighted by atomic mass is 16.6. The second-order valence-electron chi connectivity index (χ2n) is 7.41. The smallest absolute Gasteiger partial charge is 0.410 e. The highest BCUT2D eigenvalue weighted by Gasteiger charge is 2.39. The number of hydrogen-bond donors (Lipinski definition) is 3. The van der Waals surface area contributed by atoms with Gasteiger partial charge in [-0.15, -0.1) is 5.10 Å². The molecule has 2 aromatic carbocycles. The van der Waals surface area contributed by atoms with Crippen LogP contribution in [0.2, 0.25) is 0 Å². The van der Waals surface area contributed by atoms with Crippen molar-refractivity contribution in [2.75, 3.05) is 13.1 Å². The molecule has 158 valence electrons. The number of hydrogen-bond acceptors (Lipinski definition) is 5. The Balaban J connectivity index is 1.65. The van der Waals surface area contributed by atoms with E-state index in [0.717, 1.165) is 11.1 Å². The quantitative estimate of drug-likeness (QED) is 0.302. The lowest BCUT2D eigenvalue weighted by molar-refractivity contribution is -0.121. The molecule has 1 saturated heterocycles. The number of rotatable bonds is 5. The number of carbonyl (C=O) groups is 2. The van der Waals surface area contributed by atoms with Gasteiger partial charge in [0, 0.05) is 24.9 Å². The van der Waals surface area contributed by atoms with Gasteiger partial charge in [0.15, 0.2) is 0 Å². The van der Waals surface area contributed by atoms with Crippen molar-refractivity contribution in [1.29, 1.82) is 0 Å². The normalized spacial score (nSPS) is 16.0. The van der Waals surface area contributed by atoms with E-state index in [9.17, 15) is 9.59 Å². The van der Waals surface area contributed by atoms with Gasteiger partial charge in [0.2, 0.25) is 11.9 Å². The summed E-state index contributed by atoms with van der Waals surface area (Å²) in [4.78, 5) is 26.7. The van der Waals surface area contributed by atoms with Crippen LogP contribution in [-0.4, -0.2) is 35.9 Å². The number of benzene rings is 2. The zero-order valence-electron chi connectivity index (χ0n) is 16.8. The van der Waals surface area contributed by atoms with Crippen LogP contribution < -0.4 is 16.9 Å². The van der Waals surface area contributed by atoms with E-state index in [1.54, 1.807) is 4.90 Å². The van der Waals surface area contributed by atoms with Crippen LogP contribution in [0.15, 0.2) is 65.8 Å². The molecular weight excluding hydrogens is 382 g/mol. The molecule has 5 N–H and O–H groups in total. The Morgan fingerprint density at radius 1 is 1.03 bits per heavy atom. The Labute approximate surface area is 175 Å². The van der Waals surface area contributed by atoms with E-state index in [0.29, 0.717) is 25.9 Å². The molecule has 8 heteroatoms. The predicted molar refractivity (Wildman–Crippen MR) is 114 cm³/mol. The van der Waals surface area contributed by atoms with E-state index in [1.807, 2.05) is 60.7 Å². The Morgan fingerprint density at radius 3 is 2.23 bits per heavy atom. The van der Waals surface area contributed by atoms with Crippen LogP contribution in [0.5, 0.6) is 0 Å². The van der Waals surface area contributed by atoms with E-state index in [-0.39, 0.29) is 31.0 Å². The van der Waals surface area contributed by atoms with Crippen molar-refractivity contribution >= 4 is 18.0 Å². The fourth-order valence-electron chi connectivity index (χ4n) is 3.81. The summed E-state index contributed by atoms with van der Waals surface area (Å²) in [5, 5.41) is 5.79. The molecule has 2 aromatic rings. The molecule has 1 aliphatic heterocycles. The third-order valence-electron chi connectivity index (χ3n) is 5.48. The van der Waals surface area contributed by atoms with E-state index >= 15 is 0 Å². The van der Waals surface area contributed by atoms with E-state index in [4.69, 9.17) is 16.3 Å². The minimum Gasteiger partial charge on any atom is -0.445 e. The van der Waals surface area contributed by atoms with Crippen molar-refractivity contribution in [3.63, 3.8) is 0 Å². The fraction of sp³-hybridized carbons (Fsp3) is 0.318. The summed E-state index contributed by atoms with van der Waals surface area (Å²) in [6.07, 6.45) is 1.14. The molecule has 30 heavy (non-hydrogen) atoms. The summed E-state index contributed by atoms with van der Waals surface area (Å²) in [6, 6.07) is 19.4. The highest BCUT2D eigenvalue weighted by Crippen LogP contribution is 2.38. The van der Waals surface area contributed by atoms with Gasteiger partial charge in [0.1, 0.15) is 6.61 Å². The van der Waals surface area contributed by atoms with Crippen LogP contribution in [0.3, 0.4) is 0 Å². The SMILES string of the molecule is N/N=C(\N)NC(=O)CC1(c2ccccc2)CCN(C(=O)OCc2ccccc2)CC1. The average Bonchev–Trinajstić information content (AvgIpc) is 2.79. The maximum atomic E-state index is 12.5. The first kappa shape index (κ1) is 21.2. The van der Waals surface area contributed by atoms with Crippen molar-refractivity contribution in [1.82, 2.24) is 10.2 Å². The molecule has 1 aliphatic rings. The summed E-state index contributed by atoms with van der Waals surface area (Å²) in [7, 11) is 0. The fourth-order valence-corrected chi connectivity index (χ4v) is 3.81. The number of ether oxygens (including phenoxy) is 1. The predicted octanol–water partition coefficient (Wildman–Crippen LogP) is 2.05. The van der Waals surface area contributed by atoms with Crippen molar-refractivity contribution in [3.8, 4) is 0 Å². The number of nitrogens with zero attached hydrogens (tertiary/aromatic N) is 2. The molecule has 0 aromatic heterocycles. The number of likely N-dealkylation sites (tertiary alicyclic amines) is 1. The van der Waals surface area contributed by atoms with Gasteiger partial charge in [0.25, 0.3) is 0 Å². The molecule has 3 rings (SSSR count). The third-order valence-corrected chi connectivity index (χ3v) is 5.48. The maximum absolute atomic E-state index is 12.5. The van der Waals surface area contributed by atoms with Crippen molar-refractivity contribution < 1.29 is 14.3 Å². The number of piperidine rings is 1. The number of guanidine groups is 1. The van der Waals surface area contributed by atoms with E-state index in [2.05, 4.69) is 10.4 Å². The number of carbonyl (C=O) groups excluding carboxylic acids is 2. The first-order valence-corrected chi connectivity index (χ1v) is 9.87. The number of hydrazone groups is 1. The number of nitrogens with two attached hydrogens (primary N) is 2. The minimum absolute atomic E-state index is 0.120. The molecule has 0 aliphatic carbocycles. The van der Waals surface area contributed by atoms with Gasteiger partial charge in [-0.05, 0) is 24.0 Å². The molecule has 2 amide bonds. The Kier molecular flexibility index (Phi) is 6.90. The lowest BCUT2D eigenvalue weighted by Crippen LogP contribution is -2.48. The second kappa shape index (κ2) is 9.78. The zero-order chi connectivity index (χ0) is 21.4. The Morgan fingerprint density at radius 2 is 1.63 bits per heavy atom. The van der Waals surface area contributed by atoms with Gasteiger partial charge in [-0.25, -0.2) is 4.79 Å². The topological polar surface area (TPSA) is 123 Å². The first-order valence-electron chi connectivity index (χ1n) is 9.87. The summed E-state index contributed by atoms with van der Waals surface area (Å²) < 4.78 is 5.45. The summed E-state index contributed by atoms with van der Waals surface area (Å²) in [6.45, 7) is 1.23. The number of nitrogens with one attached hydrogen (secondary N) is 1. The van der Waals surface area contributed by atoms with Crippen LogP contribution >= 0.6 is 0 Å². The summed E-state index contributed by atoms with van der Waals surface area (Å²) in [5.41, 5.74) is 7.12. The van der Waals surface area contributed by atoms with Crippen molar-refractivity contribution in [2.24, 2.45) is 16.7 Å². The van der Waals surface area contributed by atoms with Crippen molar-refractivity contribution in [3.05, 3.63) is 71.8 Å². The lowest BCUT2D eigenvalue weighted by atomic mass is 9.70. The van der Waals surface area contributed by atoms with E-state index < -0.39 is 5.41 Å². The number of amides is 2. The molecule has 0 radical (unpaired) electrons. The van der Waals surface area contributed by atoms with Gasteiger partial charge in [-0.2, -0.15) is 0 Å².